The average molecular weight is 295 g/mol. The van der Waals surface area contributed by atoms with Gasteiger partial charge in [0.1, 0.15) is 0 Å². The van der Waals surface area contributed by atoms with Crippen molar-refractivity contribution in [2.75, 3.05) is 11.9 Å². The van der Waals surface area contributed by atoms with E-state index in [1.54, 1.807) is 13.1 Å². The number of benzene rings is 1. The van der Waals surface area contributed by atoms with E-state index in [4.69, 9.17) is 11.6 Å². The second-order valence-corrected chi connectivity index (χ2v) is 4.83. The number of aromatic nitrogens is 2. The van der Waals surface area contributed by atoms with Gasteiger partial charge in [0, 0.05) is 37.6 Å². The zero-order chi connectivity index (χ0) is 14.5. The molecule has 0 aliphatic carbocycles. The Morgan fingerprint density at radius 2 is 2.30 bits per heavy atom. The average Bonchev–Trinajstić information content (AvgIpc) is 2.89. The summed E-state index contributed by atoms with van der Waals surface area (Å²) in [4.78, 5) is 10.3. The van der Waals surface area contributed by atoms with E-state index in [0.29, 0.717) is 5.02 Å². The first-order chi connectivity index (χ1) is 9.58. The SMILES string of the molecule is Cc1cc([N+](=O)[O-])cc(Cl)c1NCCCn1cccn1. The summed E-state index contributed by atoms with van der Waals surface area (Å²) in [6.07, 6.45) is 4.53. The third kappa shape index (κ3) is 3.48. The maximum absolute atomic E-state index is 10.7. The van der Waals surface area contributed by atoms with Crippen LogP contribution in [0.2, 0.25) is 5.02 Å². The molecule has 2 rings (SSSR count). The van der Waals surface area contributed by atoms with Crippen LogP contribution >= 0.6 is 11.6 Å². The lowest BCUT2D eigenvalue weighted by molar-refractivity contribution is -0.384. The molecule has 20 heavy (non-hydrogen) atoms. The van der Waals surface area contributed by atoms with Crippen LogP contribution in [0.5, 0.6) is 0 Å². The minimum absolute atomic E-state index is 0.00888. The smallest absolute Gasteiger partial charge is 0.271 e. The number of hydrogen-bond acceptors (Lipinski definition) is 4. The van der Waals surface area contributed by atoms with Crippen molar-refractivity contribution in [3.63, 3.8) is 0 Å². The molecule has 1 aromatic heterocycles. The van der Waals surface area contributed by atoms with E-state index in [9.17, 15) is 10.1 Å². The number of anilines is 1. The molecule has 0 saturated heterocycles. The van der Waals surface area contributed by atoms with Crippen LogP contribution in [-0.2, 0) is 6.54 Å². The fourth-order valence-corrected chi connectivity index (χ4v) is 2.27. The summed E-state index contributed by atoms with van der Waals surface area (Å²) in [6, 6.07) is 4.76. The molecule has 1 aromatic carbocycles. The Morgan fingerprint density at radius 1 is 1.50 bits per heavy atom. The number of halogens is 1. The van der Waals surface area contributed by atoms with Crippen molar-refractivity contribution in [3.05, 3.63) is 51.3 Å². The summed E-state index contributed by atoms with van der Waals surface area (Å²) >= 11 is 6.07. The van der Waals surface area contributed by atoms with Gasteiger partial charge in [0.2, 0.25) is 0 Å². The highest BCUT2D eigenvalue weighted by Gasteiger charge is 2.12. The summed E-state index contributed by atoms with van der Waals surface area (Å²) in [5, 5.41) is 18.4. The van der Waals surface area contributed by atoms with Gasteiger partial charge >= 0.3 is 0 Å². The molecule has 0 amide bonds. The molecule has 0 spiro atoms. The van der Waals surface area contributed by atoms with Crippen LogP contribution in [0, 0.1) is 17.0 Å². The number of nitro groups is 1. The van der Waals surface area contributed by atoms with Crippen LogP contribution in [0.15, 0.2) is 30.6 Å². The van der Waals surface area contributed by atoms with E-state index in [0.717, 1.165) is 30.8 Å². The monoisotopic (exact) mass is 294 g/mol. The van der Waals surface area contributed by atoms with Crippen molar-refractivity contribution in [1.29, 1.82) is 0 Å². The van der Waals surface area contributed by atoms with Gasteiger partial charge < -0.3 is 5.32 Å². The zero-order valence-electron chi connectivity index (χ0n) is 11.0. The Bertz CT molecular complexity index is 575. The molecule has 0 atom stereocenters. The second-order valence-electron chi connectivity index (χ2n) is 4.43. The van der Waals surface area contributed by atoms with Crippen LogP contribution in [0.25, 0.3) is 0 Å². The molecule has 0 saturated carbocycles. The van der Waals surface area contributed by atoms with Crippen LogP contribution < -0.4 is 5.32 Å². The zero-order valence-corrected chi connectivity index (χ0v) is 11.8. The molecule has 6 nitrogen and oxygen atoms in total. The number of non-ortho nitro benzene ring substituents is 1. The van der Waals surface area contributed by atoms with Crippen LogP contribution in [0.3, 0.4) is 0 Å². The van der Waals surface area contributed by atoms with E-state index in [1.165, 1.54) is 12.1 Å². The van der Waals surface area contributed by atoms with E-state index in [-0.39, 0.29) is 5.69 Å². The quantitative estimate of drug-likeness (QED) is 0.504. The standard InChI is InChI=1S/C13H15ClN4O2/c1-10-8-11(18(19)20)9-12(14)13(10)15-4-2-6-17-7-3-5-16-17/h3,5,7-9,15H,2,4,6H2,1H3. The Labute approximate surface area is 121 Å². The number of aryl methyl sites for hydroxylation is 2. The van der Waals surface area contributed by atoms with Gasteiger partial charge in [-0.3, -0.25) is 14.8 Å². The first-order valence-corrected chi connectivity index (χ1v) is 6.61. The Kier molecular flexibility index (Phi) is 4.57. The minimum atomic E-state index is -0.444. The molecule has 0 aliphatic rings. The molecule has 0 bridgehead atoms. The molecule has 7 heteroatoms. The van der Waals surface area contributed by atoms with E-state index >= 15 is 0 Å². The van der Waals surface area contributed by atoms with Crippen LogP contribution in [-0.4, -0.2) is 21.2 Å². The number of rotatable bonds is 6. The predicted molar refractivity (Wildman–Crippen MR) is 78.2 cm³/mol. The van der Waals surface area contributed by atoms with E-state index in [2.05, 4.69) is 10.4 Å². The van der Waals surface area contributed by atoms with Gasteiger partial charge in [-0.05, 0) is 25.0 Å². The predicted octanol–water partition coefficient (Wildman–Crippen LogP) is 3.26. The highest BCUT2D eigenvalue weighted by atomic mass is 35.5. The molecule has 1 heterocycles. The van der Waals surface area contributed by atoms with Crippen molar-refractivity contribution >= 4 is 23.0 Å². The Balaban J connectivity index is 1.94. The number of hydrogen-bond donors (Lipinski definition) is 1. The molecule has 0 aliphatic heterocycles. The third-order valence-corrected chi connectivity index (χ3v) is 3.21. The van der Waals surface area contributed by atoms with Gasteiger partial charge in [-0.15, -0.1) is 0 Å². The molecule has 106 valence electrons. The van der Waals surface area contributed by atoms with Gasteiger partial charge in [0.15, 0.2) is 0 Å². The van der Waals surface area contributed by atoms with Gasteiger partial charge in [0.05, 0.1) is 15.6 Å². The van der Waals surface area contributed by atoms with Crippen molar-refractivity contribution in [2.45, 2.75) is 19.9 Å². The molecule has 1 N–H and O–H groups in total. The summed E-state index contributed by atoms with van der Waals surface area (Å²) in [5.41, 5.74) is 1.52. The first-order valence-electron chi connectivity index (χ1n) is 6.24. The number of nitrogens with zero attached hydrogens (tertiary/aromatic N) is 3. The van der Waals surface area contributed by atoms with Gasteiger partial charge in [-0.2, -0.15) is 5.10 Å². The second kappa shape index (κ2) is 6.38. The number of nitrogens with one attached hydrogen (secondary N) is 1. The van der Waals surface area contributed by atoms with E-state index in [1.807, 2.05) is 16.9 Å². The highest BCUT2D eigenvalue weighted by Crippen LogP contribution is 2.30. The Hall–Kier alpha value is -2.08. The van der Waals surface area contributed by atoms with Crippen LogP contribution in [0.1, 0.15) is 12.0 Å². The van der Waals surface area contributed by atoms with Crippen molar-refractivity contribution < 1.29 is 4.92 Å². The Morgan fingerprint density at radius 3 is 2.90 bits per heavy atom. The molecule has 0 radical (unpaired) electrons. The number of nitro benzene ring substituents is 1. The molecule has 0 fully saturated rings. The van der Waals surface area contributed by atoms with Crippen molar-refractivity contribution in [3.8, 4) is 0 Å². The molecular weight excluding hydrogens is 280 g/mol. The van der Waals surface area contributed by atoms with Gasteiger partial charge in [0.25, 0.3) is 5.69 Å². The van der Waals surface area contributed by atoms with Crippen LogP contribution in [0.4, 0.5) is 11.4 Å². The van der Waals surface area contributed by atoms with Crippen molar-refractivity contribution in [1.82, 2.24) is 9.78 Å². The maximum atomic E-state index is 10.7. The van der Waals surface area contributed by atoms with Gasteiger partial charge in [-0.1, -0.05) is 11.6 Å². The maximum Gasteiger partial charge on any atom is 0.271 e. The topological polar surface area (TPSA) is 73.0 Å². The summed E-state index contributed by atoms with van der Waals surface area (Å²) < 4.78 is 1.85. The van der Waals surface area contributed by atoms with E-state index < -0.39 is 4.92 Å². The third-order valence-electron chi connectivity index (χ3n) is 2.91. The first kappa shape index (κ1) is 14.3. The molecule has 2 aromatic rings. The summed E-state index contributed by atoms with van der Waals surface area (Å²) in [6.45, 7) is 3.33. The largest absolute Gasteiger partial charge is 0.384 e. The van der Waals surface area contributed by atoms with Crippen molar-refractivity contribution in [2.24, 2.45) is 0 Å². The minimum Gasteiger partial charge on any atom is -0.384 e. The fourth-order valence-electron chi connectivity index (χ4n) is 1.94. The fraction of sp³-hybridized carbons (Fsp3) is 0.308. The summed E-state index contributed by atoms with van der Waals surface area (Å²) in [5.74, 6) is 0. The molecular formula is C13H15ClN4O2. The summed E-state index contributed by atoms with van der Waals surface area (Å²) in [7, 11) is 0. The highest BCUT2D eigenvalue weighted by molar-refractivity contribution is 6.33. The lowest BCUT2D eigenvalue weighted by Gasteiger charge is -2.11. The lowest BCUT2D eigenvalue weighted by atomic mass is 10.1. The molecule has 0 unspecified atom stereocenters. The van der Waals surface area contributed by atoms with Gasteiger partial charge in [-0.25, -0.2) is 0 Å². The normalized spacial score (nSPS) is 10.5. The lowest BCUT2D eigenvalue weighted by Crippen LogP contribution is -2.08.